The smallest absolute Gasteiger partial charge is 0.231 e. The number of nitrogens with one attached hydrogen (secondary N) is 2. The van der Waals surface area contributed by atoms with Crippen molar-refractivity contribution in [2.24, 2.45) is 5.41 Å². The highest BCUT2D eigenvalue weighted by atomic mass is 35.5. The molecule has 2 rings (SSSR count). The molecule has 1 aromatic carbocycles. The molecule has 1 aromatic rings. The van der Waals surface area contributed by atoms with E-state index >= 15 is 0 Å². The first-order valence-electron chi connectivity index (χ1n) is 5.48. The minimum Gasteiger partial charge on any atom is -0.323 e. The van der Waals surface area contributed by atoms with E-state index < -0.39 is 11.2 Å². The Balaban J connectivity index is 2.13. The Morgan fingerprint density at radius 1 is 1.59 bits per heavy atom. The van der Waals surface area contributed by atoms with Crippen LogP contribution < -0.4 is 10.6 Å². The molecule has 1 amide bonds. The molecule has 0 aliphatic carbocycles. The molecule has 1 atom stereocenters. The number of anilines is 1. The van der Waals surface area contributed by atoms with Gasteiger partial charge in [-0.1, -0.05) is 11.6 Å². The summed E-state index contributed by atoms with van der Waals surface area (Å²) in [6, 6.07) is 4.21. The van der Waals surface area contributed by atoms with Crippen LogP contribution in [0.4, 0.5) is 10.1 Å². The Bertz CT molecular complexity index is 444. The lowest BCUT2D eigenvalue weighted by molar-refractivity contribution is -0.123. The van der Waals surface area contributed by atoms with E-state index in [1.54, 1.807) is 6.07 Å². The topological polar surface area (TPSA) is 41.1 Å². The van der Waals surface area contributed by atoms with Crippen LogP contribution in [0.1, 0.15) is 13.3 Å². The summed E-state index contributed by atoms with van der Waals surface area (Å²) in [5.41, 5.74) is -0.293. The zero-order valence-electron chi connectivity index (χ0n) is 9.52. The SMILES string of the molecule is CC1(C(=O)Nc2ccc(Cl)cc2F)CCNC1. The van der Waals surface area contributed by atoms with Gasteiger partial charge in [-0.05, 0) is 38.1 Å². The molecule has 0 aromatic heterocycles. The number of carbonyl (C=O) groups is 1. The third kappa shape index (κ3) is 2.58. The summed E-state index contributed by atoms with van der Waals surface area (Å²) in [4.78, 5) is 12.0. The van der Waals surface area contributed by atoms with Crippen LogP contribution in [0.3, 0.4) is 0 Å². The normalized spacial score (nSPS) is 23.7. The van der Waals surface area contributed by atoms with Gasteiger partial charge in [0.15, 0.2) is 0 Å². The van der Waals surface area contributed by atoms with Crippen LogP contribution in [0.15, 0.2) is 18.2 Å². The molecule has 92 valence electrons. The number of hydrogen-bond donors (Lipinski definition) is 2. The van der Waals surface area contributed by atoms with Gasteiger partial charge in [-0.3, -0.25) is 4.79 Å². The molecule has 1 aliphatic rings. The fourth-order valence-corrected chi connectivity index (χ4v) is 2.03. The molecule has 0 spiro atoms. The molecular formula is C12H14ClFN2O. The van der Waals surface area contributed by atoms with Crippen molar-refractivity contribution in [3.05, 3.63) is 29.0 Å². The maximum Gasteiger partial charge on any atom is 0.231 e. The lowest BCUT2D eigenvalue weighted by Crippen LogP contribution is -2.35. The molecule has 17 heavy (non-hydrogen) atoms. The Morgan fingerprint density at radius 2 is 2.35 bits per heavy atom. The van der Waals surface area contributed by atoms with Crippen molar-refractivity contribution in [2.45, 2.75) is 13.3 Å². The fourth-order valence-electron chi connectivity index (χ4n) is 1.87. The van der Waals surface area contributed by atoms with Crippen molar-refractivity contribution < 1.29 is 9.18 Å². The molecule has 1 unspecified atom stereocenters. The van der Waals surface area contributed by atoms with Gasteiger partial charge in [0.1, 0.15) is 5.82 Å². The number of benzene rings is 1. The van der Waals surface area contributed by atoms with Crippen molar-refractivity contribution in [1.82, 2.24) is 5.32 Å². The van der Waals surface area contributed by atoms with Gasteiger partial charge < -0.3 is 10.6 Å². The van der Waals surface area contributed by atoms with Gasteiger partial charge in [-0.15, -0.1) is 0 Å². The summed E-state index contributed by atoms with van der Waals surface area (Å²) in [6.07, 6.45) is 0.758. The first-order valence-corrected chi connectivity index (χ1v) is 5.86. The molecule has 1 heterocycles. The molecule has 0 saturated carbocycles. The van der Waals surface area contributed by atoms with Crippen molar-refractivity contribution >= 4 is 23.2 Å². The van der Waals surface area contributed by atoms with Gasteiger partial charge >= 0.3 is 0 Å². The maximum absolute atomic E-state index is 13.5. The second-order valence-corrected chi connectivity index (χ2v) is 5.00. The minimum absolute atomic E-state index is 0.163. The Kier molecular flexibility index (Phi) is 3.35. The minimum atomic E-state index is -0.514. The summed E-state index contributed by atoms with van der Waals surface area (Å²) in [7, 11) is 0. The van der Waals surface area contributed by atoms with Crippen LogP contribution in [0.25, 0.3) is 0 Å². The number of amides is 1. The molecule has 0 bridgehead atoms. The second-order valence-electron chi connectivity index (χ2n) is 4.57. The van der Waals surface area contributed by atoms with Gasteiger partial charge in [-0.25, -0.2) is 4.39 Å². The van der Waals surface area contributed by atoms with Crippen LogP contribution in [0.5, 0.6) is 0 Å². The van der Waals surface area contributed by atoms with Crippen molar-refractivity contribution in [2.75, 3.05) is 18.4 Å². The lowest BCUT2D eigenvalue weighted by Gasteiger charge is -2.21. The third-order valence-corrected chi connectivity index (χ3v) is 3.33. The monoisotopic (exact) mass is 256 g/mol. The third-order valence-electron chi connectivity index (χ3n) is 3.10. The van der Waals surface area contributed by atoms with Crippen molar-refractivity contribution in [3.8, 4) is 0 Å². The van der Waals surface area contributed by atoms with Crippen molar-refractivity contribution in [3.63, 3.8) is 0 Å². The van der Waals surface area contributed by atoms with Gasteiger partial charge in [0, 0.05) is 11.6 Å². The van der Waals surface area contributed by atoms with E-state index in [1.165, 1.54) is 12.1 Å². The summed E-state index contributed by atoms with van der Waals surface area (Å²) < 4.78 is 13.5. The predicted octanol–water partition coefficient (Wildman–Crippen LogP) is 2.42. The van der Waals surface area contributed by atoms with Gasteiger partial charge in [0.25, 0.3) is 0 Å². The largest absolute Gasteiger partial charge is 0.323 e. The van der Waals surface area contributed by atoms with Crippen LogP contribution >= 0.6 is 11.6 Å². The molecule has 5 heteroatoms. The van der Waals surface area contributed by atoms with E-state index in [4.69, 9.17) is 11.6 Å². The summed E-state index contributed by atoms with van der Waals surface area (Å²) in [5.74, 6) is -0.677. The molecular weight excluding hydrogens is 243 g/mol. The quantitative estimate of drug-likeness (QED) is 0.853. The average molecular weight is 257 g/mol. The number of halogens is 2. The van der Waals surface area contributed by atoms with E-state index in [9.17, 15) is 9.18 Å². The summed E-state index contributed by atoms with van der Waals surface area (Å²) in [5, 5.41) is 6.05. The Labute approximate surface area is 104 Å². The Hall–Kier alpha value is -1.13. The summed E-state index contributed by atoms with van der Waals surface area (Å²) in [6.45, 7) is 3.30. The maximum atomic E-state index is 13.5. The van der Waals surface area contributed by atoms with Crippen LogP contribution in [0, 0.1) is 11.2 Å². The van der Waals surface area contributed by atoms with E-state index in [1.807, 2.05) is 6.92 Å². The zero-order valence-corrected chi connectivity index (χ0v) is 10.3. The first kappa shape index (κ1) is 12.3. The molecule has 3 nitrogen and oxygen atoms in total. The van der Waals surface area contributed by atoms with E-state index in [0.29, 0.717) is 11.6 Å². The van der Waals surface area contributed by atoms with Gasteiger partial charge in [-0.2, -0.15) is 0 Å². The van der Waals surface area contributed by atoms with Crippen LogP contribution in [-0.2, 0) is 4.79 Å². The standard InChI is InChI=1S/C12H14ClFN2O/c1-12(4-5-15-7-12)11(17)16-10-3-2-8(13)6-9(10)14/h2-3,6,15H,4-5,7H2,1H3,(H,16,17). The predicted molar refractivity (Wildman–Crippen MR) is 65.6 cm³/mol. The van der Waals surface area contributed by atoms with Crippen LogP contribution in [0.2, 0.25) is 5.02 Å². The van der Waals surface area contributed by atoms with Gasteiger partial charge in [0.05, 0.1) is 11.1 Å². The first-order chi connectivity index (χ1) is 8.01. The molecule has 2 N–H and O–H groups in total. The summed E-state index contributed by atoms with van der Waals surface area (Å²) >= 11 is 5.65. The number of rotatable bonds is 2. The average Bonchev–Trinajstić information content (AvgIpc) is 2.71. The lowest BCUT2D eigenvalue weighted by atomic mass is 9.89. The highest BCUT2D eigenvalue weighted by molar-refractivity contribution is 6.30. The van der Waals surface area contributed by atoms with Gasteiger partial charge in [0.2, 0.25) is 5.91 Å². The highest BCUT2D eigenvalue weighted by Gasteiger charge is 2.36. The zero-order chi connectivity index (χ0) is 12.5. The number of carbonyl (C=O) groups excluding carboxylic acids is 1. The molecule has 0 radical (unpaired) electrons. The van der Waals surface area contributed by atoms with Crippen LogP contribution in [-0.4, -0.2) is 19.0 Å². The highest BCUT2D eigenvalue weighted by Crippen LogP contribution is 2.27. The van der Waals surface area contributed by atoms with Crippen molar-refractivity contribution in [1.29, 1.82) is 0 Å². The van der Waals surface area contributed by atoms with E-state index in [-0.39, 0.29) is 11.6 Å². The molecule has 1 fully saturated rings. The Morgan fingerprint density at radius 3 is 2.94 bits per heavy atom. The molecule has 1 saturated heterocycles. The number of hydrogen-bond acceptors (Lipinski definition) is 2. The fraction of sp³-hybridized carbons (Fsp3) is 0.417. The molecule has 1 aliphatic heterocycles. The second kappa shape index (κ2) is 4.63. The van der Waals surface area contributed by atoms with E-state index in [0.717, 1.165) is 13.0 Å². The van der Waals surface area contributed by atoms with E-state index in [2.05, 4.69) is 10.6 Å².